The van der Waals surface area contributed by atoms with E-state index < -0.39 is 0 Å². The molecule has 1 unspecified atom stereocenters. The summed E-state index contributed by atoms with van der Waals surface area (Å²) in [4.78, 5) is 2.26. The SMILES string of the molecule is CNCCC(c1cc(C(C)C)ccc1OC)N(C)C. The van der Waals surface area contributed by atoms with Gasteiger partial charge >= 0.3 is 0 Å². The molecular formula is C16H28N2O. The van der Waals surface area contributed by atoms with Gasteiger partial charge in [-0.15, -0.1) is 0 Å². The van der Waals surface area contributed by atoms with E-state index >= 15 is 0 Å². The second kappa shape index (κ2) is 7.51. The zero-order valence-electron chi connectivity index (χ0n) is 13.2. The molecule has 1 rings (SSSR count). The lowest BCUT2D eigenvalue weighted by atomic mass is 9.95. The van der Waals surface area contributed by atoms with Crippen LogP contribution in [0.5, 0.6) is 5.75 Å². The smallest absolute Gasteiger partial charge is 0.123 e. The van der Waals surface area contributed by atoms with Crippen molar-refractivity contribution in [3.63, 3.8) is 0 Å². The van der Waals surface area contributed by atoms with Gasteiger partial charge in [0.1, 0.15) is 5.75 Å². The highest BCUT2D eigenvalue weighted by Crippen LogP contribution is 2.33. The Morgan fingerprint density at radius 3 is 2.42 bits per heavy atom. The van der Waals surface area contributed by atoms with E-state index in [1.54, 1.807) is 7.11 Å². The Kier molecular flexibility index (Phi) is 6.32. The highest BCUT2D eigenvalue weighted by atomic mass is 16.5. The highest BCUT2D eigenvalue weighted by Gasteiger charge is 2.19. The van der Waals surface area contributed by atoms with Crippen LogP contribution in [0.2, 0.25) is 0 Å². The van der Waals surface area contributed by atoms with Crippen LogP contribution >= 0.6 is 0 Å². The Morgan fingerprint density at radius 1 is 1.26 bits per heavy atom. The third kappa shape index (κ3) is 4.22. The number of hydrogen-bond donors (Lipinski definition) is 1. The maximum atomic E-state index is 5.54. The Bertz CT molecular complexity index is 388. The number of rotatable bonds is 7. The lowest BCUT2D eigenvalue weighted by Crippen LogP contribution is -2.24. The second-order valence-electron chi connectivity index (χ2n) is 5.53. The fourth-order valence-electron chi connectivity index (χ4n) is 2.35. The highest BCUT2D eigenvalue weighted by molar-refractivity contribution is 5.40. The molecule has 1 atom stereocenters. The van der Waals surface area contributed by atoms with Gasteiger partial charge in [-0.2, -0.15) is 0 Å². The van der Waals surface area contributed by atoms with Gasteiger partial charge in [-0.25, -0.2) is 0 Å². The molecule has 3 heteroatoms. The topological polar surface area (TPSA) is 24.5 Å². The van der Waals surface area contributed by atoms with E-state index in [1.807, 2.05) is 7.05 Å². The number of ether oxygens (including phenoxy) is 1. The molecule has 108 valence electrons. The van der Waals surface area contributed by atoms with Crippen LogP contribution in [0.1, 0.15) is 43.4 Å². The predicted molar refractivity (Wildman–Crippen MR) is 82.1 cm³/mol. The minimum Gasteiger partial charge on any atom is -0.496 e. The fourth-order valence-corrected chi connectivity index (χ4v) is 2.35. The molecule has 0 aromatic heterocycles. The molecule has 0 fully saturated rings. The van der Waals surface area contributed by atoms with Gasteiger partial charge in [-0.3, -0.25) is 0 Å². The molecule has 0 heterocycles. The molecule has 0 spiro atoms. The van der Waals surface area contributed by atoms with Gasteiger partial charge in [-0.1, -0.05) is 26.0 Å². The molecule has 3 nitrogen and oxygen atoms in total. The summed E-state index contributed by atoms with van der Waals surface area (Å²) < 4.78 is 5.54. The van der Waals surface area contributed by atoms with Crippen molar-refractivity contribution in [1.29, 1.82) is 0 Å². The van der Waals surface area contributed by atoms with Crippen LogP contribution in [0.3, 0.4) is 0 Å². The van der Waals surface area contributed by atoms with E-state index in [0.717, 1.165) is 18.7 Å². The van der Waals surface area contributed by atoms with E-state index in [1.165, 1.54) is 11.1 Å². The van der Waals surface area contributed by atoms with Crippen LogP contribution in [0.4, 0.5) is 0 Å². The number of benzene rings is 1. The quantitative estimate of drug-likeness (QED) is 0.819. The van der Waals surface area contributed by atoms with Gasteiger partial charge < -0.3 is 15.0 Å². The maximum Gasteiger partial charge on any atom is 0.123 e. The number of nitrogens with one attached hydrogen (secondary N) is 1. The van der Waals surface area contributed by atoms with Crippen LogP contribution in [0.15, 0.2) is 18.2 Å². The lowest BCUT2D eigenvalue weighted by molar-refractivity contribution is 0.273. The summed E-state index contributed by atoms with van der Waals surface area (Å²) in [6.45, 7) is 5.45. The van der Waals surface area contributed by atoms with E-state index in [-0.39, 0.29) is 0 Å². The van der Waals surface area contributed by atoms with Crippen molar-refractivity contribution >= 4 is 0 Å². The Labute approximate surface area is 118 Å². The molecule has 1 N–H and O–H groups in total. The molecule has 0 amide bonds. The average molecular weight is 264 g/mol. The van der Waals surface area contributed by atoms with Gasteiger partial charge in [0, 0.05) is 11.6 Å². The zero-order chi connectivity index (χ0) is 14.4. The molecule has 0 saturated heterocycles. The summed E-state index contributed by atoms with van der Waals surface area (Å²) in [7, 11) is 8.00. The normalized spacial score (nSPS) is 13.1. The third-order valence-corrected chi connectivity index (χ3v) is 3.57. The lowest BCUT2D eigenvalue weighted by Gasteiger charge is -2.27. The van der Waals surface area contributed by atoms with Gasteiger partial charge in [0.05, 0.1) is 7.11 Å². The molecule has 0 aliphatic heterocycles. The Morgan fingerprint density at radius 2 is 1.95 bits per heavy atom. The summed E-state index contributed by atoms with van der Waals surface area (Å²) >= 11 is 0. The molecule has 0 bridgehead atoms. The largest absolute Gasteiger partial charge is 0.496 e. The molecule has 1 aromatic carbocycles. The van der Waals surface area contributed by atoms with E-state index in [4.69, 9.17) is 4.74 Å². The number of methoxy groups -OCH3 is 1. The van der Waals surface area contributed by atoms with Crippen LogP contribution in [0, 0.1) is 0 Å². The van der Waals surface area contributed by atoms with Gasteiger partial charge in [0.25, 0.3) is 0 Å². The van der Waals surface area contributed by atoms with Crippen molar-refractivity contribution in [1.82, 2.24) is 10.2 Å². The van der Waals surface area contributed by atoms with Crippen molar-refractivity contribution in [2.45, 2.75) is 32.2 Å². The van der Waals surface area contributed by atoms with Crippen LogP contribution < -0.4 is 10.1 Å². The summed E-state index contributed by atoms with van der Waals surface area (Å²) in [6.07, 6.45) is 1.07. The number of hydrogen-bond acceptors (Lipinski definition) is 3. The van der Waals surface area contributed by atoms with E-state index in [0.29, 0.717) is 12.0 Å². The van der Waals surface area contributed by atoms with Crippen molar-refractivity contribution in [3.05, 3.63) is 29.3 Å². The van der Waals surface area contributed by atoms with Crippen molar-refractivity contribution in [3.8, 4) is 5.75 Å². The second-order valence-corrected chi connectivity index (χ2v) is 5.53. The first kappa shape index (κ1) is 16.0. The summed E-state index contributed by atoms with van der Waals surface area (Å²) in [6, 6.07) is 6.93. The molecule has 0 radical (unpaired) electrons. The van der Waals surface area contributed by atoms with Crippen LogP contribution in [-0.4, -0.2) is 39.7 Å². The van der Waals surface area contributed by atoms with E-state index in [2.05, 4.69) is 56.4 Å². The van der Waals surface area contributed by atoms with Crippen molar-refractivity contribution in [2.24, 2.45) is 0 Å². The summed E-state index contributed by atoms with van der Waals surface area (Å²) in [5, 5.41) is 3.23. The molecule has 0 aliphatic rings. The zero-order valence-corrected chi connectivity index (χ0v) is 13.2. The van der Waals surface area contributed by atoms with Crippen LogP contribution in [-0.2, 0) is 0 Å². The molecule has 1 aromatic rings. The van der Waals surface area contributed by atoms with Crippen LogP contribution in [0.25, 0.3) is 0 Å². The third-order valence-electron chi connectivity index (χ3n) is 3.57. The Hall–Kier alpha value is -1.06. The van der Waals surface area contributed by atoms with Crippen molar-refractivity contribution < 1.29 is 4.74 Å². The van der Waals surface area contributed by atoms with Crippen molar-refractivity contribution in [2.75, 3.05) is 34.8 Å². The summed E-state index contributed by atoms with van der Waals surface area (Å²) in [5.74, 6) is 1.52. The maximum absolute atomic E-state index is 5.54. The molecule has 0 aliphatic carbocycles. The first-order valence-corrected chi connectivity index (χ1v) is 7.00. The minimum absolute atomic E-state index is 0.376. The van der Waals surface area contributed by atoms with Gasteiger partial charge in [-0.05, 0) is 51.7 Å². The molecular weight excluding hydrogens is 236 g/mol. The predicted octanol–water partition coefficient (Wildman–Crippen LogP) is 3.03. The first-order valence-electron chi connectivity index (χ1n) is 7.00. The molecule has 19 heavy (non-hydrogen) atoms. The minimum atomic E-state index is 0.376. The first-order chi connectivity index (χ1) is 9.01. The number of nitrogens with zero attached hydrogens (tertiary/aromatic N) is 1. The Balaban J connectivity index is 3.14. The van der Waals surface area contributed by atoms with Gasteiger partial charge in [0.15, 0.2) is 0 Å². The fraction of sp³-hybridized carbons (Fsp3) is 0.625. The van der Waals surface area contributed by atoms with Gasteiger partial charge in [0.2, 0.25) is 0 Å². The summed E-state index contributed by atoms with van der Waals surface area (Å²) in [5.41, 5.74) is 2.65. The average Bonchev–Trinajstić information content (AvgIpc) is 2.38. The standard InChI is InChI=1S/C16H28N2O/c1-12(2)13-7-8-16(19-6)14(11-13)15(18(4)5)9-10-17-3/h7-8,11-12,15,17H,9-10H2,1-6H3. The van der Waals surface area contributed by atoms with E-state index in [9.17, 15) is 0 Å². The monoisotopic (exact) mass is 264 g/mol. The molecule has 0 saturated carbocycles.